The largest absolute Gasteiger partial charge is 0.464 e. The highest BCUT2D eigenvalue weighted by Crippen LogP contribution is 2.22. The van der Waals surface area contributed by atoms with Crippen molar-refractivity contribution >= 4 is 34.7 Å². The molecule has 12 heteroatoms. The molecule has 204 valence electrons. The lowest BCUT2D eigenvalue weighted by atomic mass is 10.0. The van der Waals surface area contributed by atoms with E-state index in [-0.39, 0.29) is 31.1 Å². The number of benzene rings is 1. The molecule has 2 aromatic rings. The summed E-state index contributed by atoms with van der Waals surface area (Å²) in [6, 6.07) is 2.50. The Kier molecular flexibility index (Phi) is 9.98. The van der Waals surface area contributed by atoms with E-state index in [1.165, 1.54) is 12.1 Å². The molecule has 2 rings (SSSR count). The third-order valence-corrected chi connectivity index (χ3v) is 5.43. The number of aromatic nitrogens is 2. The van der Waals surface area contributed by atoms with Crippen molar-refractivity contribution in [2.45, 2.75) is 78.5 Å². The van der Waals surface area contributed by atoms with Crippen LogP contribution in [0.5, 0.6) is 0 Å². The van der Waals surface area contributed by atoms with Crippen LogP contribution in [0.15, 0.2) is 18.2 Å². The number of amides is 2. The Morgan fingerprint density at radius 1 is 1.16 bits per heavy atom. The van der Waals surface area contributed by atoms with Gasteiger partial charge in [-0.1, -0.05) is 13.8 Å². The first-order chi connectivity index (χ1) is 17.2. The highest BCUT2D eigenvalue weighted by Gasteiger charge is 2.30. The lowest BCUT2D eigenvalue weighted by Crippen LogP contribution is -2.53. The van der Waals surface area contributed by atoms with Gasteiger partial charge in [-0.25, -0.2) is 14.6 Å². The van der Waals surface area contributed by atoms with Gasteiger partial charge < -0.3 is 24.7 Å². The van der Waals surface area contributed by atoms with Gasteiger partial charge in [0.15, 0.2) is 0 Å². The second-order valence-corrected chi connectivity index (χ2v) is 10.2. The molecule has 0 radical (unpaired) electrons. The van der Waals surface area contributed by atoms with E-state index in [4.69, 9.17) is 9.47 Å². The number of hydrogen-bond donors (Lipinski definition) is 2. The van der Waals surface area contributed by atoms with Crippen LogP contribution in [-0.2, 0) is 32.5 Å². The van der Waals surface area contributed by atoms with E-state index < -0.39 is 40.6 Å². The van der Waals surface area contributed by atoms with Crippen LogP contribution in [0.2, 0.25) is 0 Å². The van der Waals surface area contributed by atoms with E-state index >= 15 is 0 Å². The summed E-state index contributed by atoms with van der Waals surface area (Å²) in [4.78, 5) is 53.3. The van der Waals surface area contributed by atoms with Crippen LogP contribution in [0.4, 0.5) is 10.5 Å². The van der Waals surface area contributed by atoms with Crippen LogP contribution in [0.25, 0.3) is 11.0 Å². The third-order valence-electron chi connectivity index (χ3n) is 5.43. The Hall–Kier alpha value is -3.70. The Morgan fingerprint density at radius 3 is 2.41 bits per heavy atom. The molecule has 0 fully saturated rings. The van der Waals surface area contributed by atoms with Crippen molar-refractivity contribution in [1.82, 2.24) is 20.2 Å². The Labute approximate surface area is 216 Å². The molecule has 0 saturated heterocycles. The Bertz CT molecular complexity index is 1140. The second kappa shape index (κ2) is 12.5. The number of imidazole rings is 1. The molecule has 2 unspecified atom stereocenters. The second-order valence-electron chi connectivity index (χ2n) is 10.2. The Morgan fingerprint density at radius 2 is 1.84 bits per heavy atom. The number of hydrogen-bond acceptors (Lipinski definition) is 8. The number of nitro benzene ring substituents is 1. The molecule has 2 amide bonds. The van der Waals surface area contributed by atoms with E-state index in [1.54, 1.807) is 45.4 Å². The highest BCUT2D eigenvalue weighted by atomic mass is 16.6. The summed E-state index contributed by atoms with van der Waals surface area (Å²) in [5.74, 6) is -0.420. The minimum atomic E-state index is -1.03. The van der Waals surface area contributed by atoms with Crippen LogP contribution in [0.3, 0.4) is 0 Å². The zero-order valence-corrected chi connectivity index (χ0v) is 22.5. The van der Waals surface area contributed by atoms with Gasteiger partial charge in [0.05, 0.1) is 22.6 Å². The van der Waals surface area contributed by atoms with Gasteiger partial charge in [0.25, 0.3) is 5.69 Å². The normalized spacial score (nSPS) is 13.2. The molecule has 12 nitrogen and oxygen atoms in total. The summed E-state index contributed by atoms with van der Waals surface area (Å²) in [6.45, 7) is 10.8. The van der Waals surface area contributed by atoms with Crippen LogP contribution < -0.4 is 10.6 Å². The molecular weight excluding hydrogens is 482 g/mol. The monoisotopic (exact) mass is 519 g/mol. The number of alkyl carbamates (subject to hydrolysis) is 1. The molecule has 37 heavy (non-hydrogen) atoms. The van der Waals surface area contributed by atoms with Gasteiger partial charge in [0.1, 0.15) is 23.5 Å². The van der Waals surface area contributed by atoms with Crippen molar-refractivity contribution < 1.29 is 28.8 Å². The van der Waals surface area contributed by atoms with E-state index in [2.05, 4.69) is 15.6 Å². The first-order valence-corrected chi connectivity index (χ1v) is 12.3. The number of aryl methyl sites for hydroxylation is 2. The van der Waals surface area contributed by atoms with Gasteiger partial charge in [-0.05, 0) is 52.5 Å². The summed E-state index contributed by atoms with van der Waals surface area (Å²) < 4.78 is 12.2. The van der Waals surface area contributed by atoms with E-state index in [0.717, 1.165) is 0 Å². The zero-order valence-electron chi connectivity index (χ0n) is 22.5. The van der Waals surface area contributed by atoms with Crippen molar-refractivity contribution in [2.75, 3.05) is 6.61 Å². The van der Waals surface area contributed by atoms with Gasteiger partial charge in [0, 0.05) is 25.6 Å². The SMILES string of the molecule is CCOC(=O)C(CC(C)C)NC(=O)C(CCc1nc2cc([N+](=O)[O-])ccc2n1C)NC(=O)OC(C)(C)C. The van der Waals surface area contributed by atoms with Gasteiger partial charge >= 0.3 is 12.1 Å². The molecule has 0 saturated carbocycles. The van der Waals surface area contributed by atoms with E-state index in [0.29, 0.717) is 23.3 Å². The molecule has 0 spiro atoms. The van der Waals surface area contributed by atoms with Gasteiger partial charge in [-0.2, -0.15) is 0 Å². The van der Waals surface area contributed by atoms with Crippen LogP contribution in [0.1, 0.15) is 60.2 Å². The lowest BCUT2D eigenvalue weighted by molar-refractivity contribution is -0.384. The Balaban J connectivity index is 2.27. The molecule has 1 heterocycles. The number of carbonyl (C=O) groups is 3. The predicted octanol–water partition coefficient (Wildman–Crippen LogP) is 3.40. The molecule has 1 aromatic heterocycles. The first kappa shape index (κ1) is 29.5. The molecular formula is C25H37N5O7. The van der Waals surface area contributed by atoms with Crippen molar-refractivity contribution in [3.05, 3.63) is 34.1 Å². The molecule has 1 aromatic carbocycles. The molecule has 0 aliphatic rings. The number of nitrogens with one attached hydrogen (secondary N) is 2. The first-order valence-electron chi connectivity index (χ1n) is 12.3. The molecule has 0 aliphatic heterocycles. The summed E-state index contributed by atoms with van der Waals surface area (Å²) in [5.41, 5.74) is 0.298. The summed E-state index contributed by atoms with van der Waals surface area (Å²) in [6.07, 6.45) is 0.000433. The number of nitrogens with zero attached hydrogens (tertiary/aromatic N) is 3. The zero-order chi connectivity index (χ0) is 27.9. The highest BCUT2D eigenvalue weighted by molar-refractivity contribution is 5.89. The van der Waals surface area contributed by atoms with Crippen molar-refractivity contribution in [1.29, 1.82) is 0 Å². The number of non-ortho nitro benzene ring substituents is 1. The van der Waals surface area contributed by atoms with Crippen LogP contribution in [0, 0.1) is 16.0 Å². The minimum absolute atomic E-state index is 0.0730. The van der Waals surface area contributed by atoms with Gasteiger partial charge in [-0.3, -0.25) is 14.9 Å². The molecule has 0 bridgehead atoms. The third kappa shape index (κ3) is 8.72. The summed E-state index contributed by atoms with van der Waals surface area (Å²) in [7, 11) is 1.77. The van der Waals surface area contributed by atoms with Gasteiger partial charge in [-0.15, -0.1) is 0 Å². The van der Waals surface area contributed by atoms with Crippen LogP contribution >= 0.6 is 0 Å². The topological polar surface area (TPSA) is 155 Å². The number of ether oxygens (including phenoxy) is 2. The minimum Gasteiger partial charge on any atom is -0.464 e. The average molecular weight is 520 g/mol. The fraction of sp³-hybridized carbons (Fsp3) is 0.600. The van der Waals surface area contributed by atoms with Crippen molar-refractivity contribution in [3.8, 4) is 0 Å². The van der Waals surface area contributed by atoms with E-state index in [1.807, 2.05) is 13.8 Å². The maximum Gasteiger partial charge on any atom is 0.408 e. The smallest absolute Gasteiger partial charge is 0.408 e. The number of carbonyl (C=O) groups excluding carboxylic acids is 3. The van der Waals surface area contributed by atoms with Crippen LogP contribution in [-0.4, -0.2) is 56.7 Å². The number of nitro groups is 1. The maximum absolute atomic E-state index is 13.3. The fourth-order valence-electron chi connectivity index (χ4n) is 3.77. The summed E-state index contributed by atoms with van der Waals surface area (Å²) in [5, 5.41) is 16.4. The quantitative estimate of drug-likeness (QED) is 0.260. The molecule has 2 N–H and O–H groups in total. The van der Waals surface area contributed by atoms with Gasteiger partial charge in [0.2, 0.25) is 5.91 Å². The number of fused-ring (bicyclic) bond motifs is 1. The average Bonchev–Trinajstić information content (AvgIpc) is 3.09. The number of rotatable bonds is 11. The number of esters is 1. The fourth-order valence-corrected chi connectivity index (χ4v) is 3.77. The van der Waals surface area contributed by atoms with E-state index in [9.17, 15) is 24.5 Å². The maximum atomic E-state index is 13.3. The standard InChI is InChI=1S/C25H37N5O7/c1-8-36-23(32)19(13-15(2)3)27-22(31)17(28-24(33)37-25(4,5)6)10-12-21-26-18-14-16(30(34)35)9-11-20(18)29(21)7/h9,11,14-15,17,19H,8,10,12-13H2,1-7H3,(H,27,31)(H,28,33). The predicted molar refractivity (Wildman–Crippen MR) is 137 cm³/mol. The van der Waals surface area contributed by atoms with Crippen molar-refractivity contribution in [2.24, 2.45) is 13.0 Å². The lowest BCUT2D eigenvalue weighted by Gasteiger charge is -2.25. The summed E-state index contributed by atoms with van der Waals surface area (Å²) >= 11 is 0. The molecule has 0 aliphatic carbocycles. The molecule has 2 atom stereocenters. The van der Waals surface area contributed by atoms with Crippen molar-refractivity contribution in [3.63, 3.8) is 0 Å².